The van der Waals surface area contributed by atoms with Crippen LogP contribution in [0.2, 0.25) is 0 Å². The number of rotatable bonds is 3. The molecule has 2 aromatic carbocycles. The van der Waals surface area contributed by atoms with Crippen molar-refractivity contribution in [2.45, 2.75) is 26.3 Å². The summed E-state index contributed by atoms with van der Waals surface area (Å²) in [6, 6.07) is 13.2. The Morgan fingerprint density at radius 2 is 1.62 bits per heavy atom. The molecule has 0 saturated heterocycles. The van der Waals surface area contributed by atoms with Crippen molar-refractivity contribution in [3.63, 3.8) is 0 Å². The van der Waals surface area contributed by atoms with Gasteiger partial charge in [0, 0.05) is 5.54 Å². The van der Waals surface area contributed by atoms with Crippen LogP contribution >= 0.6 is 0 Å². The second-order valence-corrected chi connectivity index (χ2v) is 8.43. The van der Waals surface area contributed by atoms with Crippen molar-refractivity contribution in [2.75, 3.05) is 5.01 Å². The molecule has 0 fully saturated rings. The fourth-order valence-corrected chi connectivity index (χ4v) is 3.67. The summed E-state index contributed by atoms with van der Waals surface area (Å²) in [7, 11) is 0. The second-order valence-electron chi connectivity index (χ2n) is 8.43. The van der Waals surface area contributed by atoms with Crippen LogP contribution in [0.5, 0.6) is 5.75 Å². The third-order valence-electron chi connectivity index (χ3n) is 5.12. The topological polar surface area (TPSA) is 93.4 Å². The van der Waals surface area contributed by atoms with Gasteiger partial charge in [-0.2, -0.15) is 0 Å². The number of para-hydroxylation sites is 1. The zero-order valence-electron chi connectivity index (χ0n) is 18.0. The first-order valence-electron chi connectivity index (χ1n) is 10.1. The number of carboxylic acid groups (broad SMARTS) is 1. The average molecular weight is 429 g/mol. The zero-order chi connectivity index (χ0) is 23.0. The molecule has 2 aromatic rings. The minimum atomic E-state index is -1.03. The smallest absolute Gasteiger partial charge is 0.335 e. The van der Waals surface area contributed by atoms with Crippen molar-refractivity contribution < 1.29 is 19.8 Å². The van der Waals surface area contributed by atoms with Gasteiger partial charge in [-0.1, -0.05) is 24.3 Å². The Labute approximate surface area is 185 Å². The minimum Gasteiger partial charge on any atom is -0.507 e. The summed E-state index contributed by atoms with van der Waals surface area (Å²) in [4.78, 5) is 26.1. The number of hydrazone groups is 1. The monoisotopic (exact) mass is 429 g/mol. The molecular weight excluding hydrogens is 406 g/mol. The highest BCUT2D eigenvalue weighted by molar-refractivity contribution is 6.11. The molecule has 0 atom stereocenters. The van der Waals surface area contributed by atoms with E-state index in [0.29, 0.717) is 28.5 Å². The van der Waals surface area contributed by atoms with Crippen molar-refractivity contribution in [3.05, 3.63) is 95.4 Å². The van der Waals surface area contributed by atoms with Crippen molar-refractivity contribution in [1.29, 1.82) is 0 Å². The normalized spacial score (nSPS) is 18.3. The van der Waals surface area contributed by atoms with E-state index in [2.05, 4.69) is 0 Å². The Morgan fingerprint density at radius 3 is 2.22 bits per heavy atom. The molecule has 0 unspecified atom stereocenters. The molecule has 2 aliphatic rings. The summed E-state index contributed by atoms with van der Waals surface area (Å²) in [6.07, 6.45) is 6.69. The van der Waals surface area contributed by atoms with E-state index in [0.717, 1.165) is 0 Å². The van der Waals surface area contributed by atoms with Gasteiger partial charge in [-0.05, 0) is 69.3 Å². The summed E-state index contributed by atoms with van der Waals surface area (Å²) in [5.41, 5.74) is 1.20. The summed E-state index contributed by atoms with van der Waals surface area (Å²) in [6.45, 7) is 5.98. The molecule has 1 aliphatic heterocycles. The van der Waals surface area contributed by atoms with Crippen LogP contribution in [0.3, 0.4) is 0 Å². The van der Waals surface area contributed by atoms with E-state index in [1.54, 1.807) is 53.6 Å². The summed E-state index contributed by atoms with van der Waals surface area (Å²) < 4.78 is 0. The molecule has 1 aliphatic carbocycles. The third-order valence-corrected chi connectivity index (χ3v) is 5.12. The minimum absolute atomic E-state index is 0.0679. The maximum Gasteiger partial charge on any atom is 0.335 e. The molecule has 0 spiro atoms. The first-order chi connectivity index (χ1) is 15.2. The molecule has 7 nitrogen and oxygen atoms in total. The number of carbonyl (C=O) groups is 2. The SMILES string of the molecule is CC(C)(C)N1C(c2ccccc2O)=NN(c2ccc(C(=O)O)cc2)/C1=C1\C=CC=CC1=O. The van der Waals surface area contributed by atoms with Gasteiger partial charge in [-0.25, -0.2) is 9.80 Å². The number of nitrogens with zero attached hydrogens (tertiary/aromatic N) is 3. The van der Waals surface area contributed by atoms with Gasteiger partial charge in [0.25, 0.3) is 0 Å². The van der Waals surface area contributed by atoms with E-state index in [4.69, 9.17) is 5.10 Å². The summed E-state index contributed by atoms with van der Waals surface area (Å²) >= 11 is 0. The van der Waals surface area contributed by atoms with Gasteiger partial charge in [0.05, 0.1) is 22.4 Å². The number of amidine groups is 1. The number of anilines is 1. The van der Waals surface area contributed by atoms with Crippen LogP contribution in [0.1, 0.15) is 36.7 Å². The van der Waals surface area contributed by atoms with Crippen LogP contribution in [-0.4, -0.2) is 38.2 Å². The zero-order valence-corrected chi connectivity index (χ0v) is 18.0. The predicted molar refractivity (Wildman–Crippen MR) is 122 cm³/mol. The molecule has 1 heterocycles. The van der Waals surface area contributed by atoms with E-state index in [-0.39, 0.29) is 17.1 Å². The molecule has 0 amide bonds. The lowest BCUT2D eigenvalue weighted by Crippen LogP contribution is -2.45. The molecule has 7 heteroatoms. The van der Waals surface area contributed by atoms with Gasteiger partial charge in [0.1, 0.15) is 11.6 Å². The lowest BCUT2D eigenvalue weighted by Gasteiger charge is -2.37. The Bertz CT molecular complexity index is 1210. The maximum atomic E-state index is 12.9. The van der Waals surface area contributed by atoms with Gasteiger partial charge < -0.3 is 15.1 Å². The molecule has 4 rings (SSSR count). The van der Waals surface area contributed by atoms with Crippen LogP contribution in [0.15, 0.2) is 89.3 Å². The number of carbonyl (C=O) groups excluding carboxylic acids is 1. The van der Waals surface area contributed by atoms with Gasteiger partial charge in [-0.15, -0.1) is 5.10 Å². The van der Waals surface area contributed by atoms with Crippen molar-refractivity contribution in [2.24, 2.45) is 5.10 Å². The molecule has 2 N–H and O–H groups in total. The maximum absolute atomic E-state index is 12.9. The summed E-state index contributed by atoms with van der Waals surface area (Å²) in [5.74, 6) is -0.113. The molecule has 32 heavy (non-hydrogen) atoms. The Hall–Kier alpha value is -4.13. The summed E-state index contributed by atoms with van der Waals surface area (Å²) in [5, 5.41) is 26.2. The lowest BCUT2D eigenvalue weighted by molar-refractivity contribution is -0.111. The Kier molecular flexibility index (Phi) is 5.18. The number of phenols is 1. The van der Waals surface area contributed by atoms with E-state index >= 15 is 0 Å². The highest BCUT2D eigenvalue weighted by Crippen LogP contribution is 2.39. The lowest BCUT2D eigenvalue weighted by atomic mass is 9.99. The standard InChI is InChI=1S/C25H23N3O4/c1-25(2,3)27-22(18-8-4-6-10-20(18)29)26-28(17-14-12-16(13-15-17)24(31)32)23(27)19-9-5-7-11-21(19)30/h4-15,29H,1-3H3,(H,31,32)/b23-19+. The van der Waals surface area contributed by atoms with Crippen molar-refractivity contribution >= 4 is 23.3 Å². The number of allylic oxidation sites excluding steroid dienone is 5. The van der Waals surface area contributed by atoms with Crippen LogP contribution < -0.4 is 5.01 Å². The Morgan fingerprint density at radius 1 is 0.969 bits per heavy atom. The van der Waals surface area contributed by atoms with Crippen molar-refractivity contribution in [3.8, 4) is 5.75 Å². The van der Waals surface area contributed by atoms with Gasteiger partial charge in [-0.3, -0.25) is 4.79 Å². The van der Waals surface area contributed by atoms with Gasteiger partial charge in [0.2, 0.25) is 0 Å². The van der Waals surface area contributed by atoms with Crippen LogP contribution in [0.25, 0.3) is 0 Å². The van der Waals surface area contributed by atoms with Crippen LogP contribution in [0.4, 0.5) is 5.69 Å². The highest BCUT2D eigenvalue weighted by Gasteiger charge is 2.41. The van der Waals surface area contributed by atoms with E-state index in [9.17, 15) is 19.8 Å². The number of phenolic OH excluding ortho intramolecular Hbond substituents is 1. The van der Waals surface area contributed by atoms with Gasteiger partial charge >= 0.3 is 5.97 Å². The number of ketones is 1. The molecule has 0 radical (unpaired) electrons. The molecule has 0 saturated carbocycles. The van der Waals surface area contributed by atoms with Crippen molar-refractivity contribution in [1.82, 2.24) is 4.90 Å². The second kappa shape index (κ2) is 7.85. The van der Waals surface area contributed by atoms with E-state index in [1.165, 1.54) is 18.2 Å². The van der Waals surface area contributed by atoms with Crippen LogP contribution in [-0.2, 0) is 4.79 Å². The first kappa shape index (κ1) is 21.1. The number of benzene rings is 2. The third kappa shape index (κ3) is 3.69. The number of aromatic carboxylic acids is 1. The molecule has 162 valence electrons. The fourth-order valence-electron chi connectivity index (χ4n) is 3.67. The number of carboxylic acids is 1. The molecule has 0 bridgehead atoms. The number of aromatic hydroxyl groups is 1. The van der Waals surface area contributed by atoms with E-state index in [1.807, 2.05) is 31.7 Å². The predicted octanol–water partition coefficient (Wildman–Crippen LogP) is 4.28. The quantitative estimate of drug-likeness (QED) is 0.708. The van der Waals surface area contributed by atoms with Crippen LogP contribution in [0, 0.1) is 0 Å². The average Bonchev–Trinajstić information content (AvgIpc) is 3.15. The largest absolute Gasteiger partial charge is 0.507 e. The first-order valence-corrected chi connectivity index (χ1v) is 10.1. The fraction of sp³-hybridized carbons (Fsp3) is 0.160. The van der Waals surface area contributed by atoms with E-state index < -0.39 is 11.5 Å². The molecule has 0 aromatic heterocycles. The Balaban J connectivity index is 1.98. The number of hydrogen-bond donors (Lipinski definition) is 2. The van der Waals surface area contributed by atoms with Gasteiger partial charge in [0.15, 0.2) is 11.6 Å². The number of hydrogen-bond acceptors (Lipinski definition) is 6. The highest BCUT2D eigenvalue weighted by atomic mass is 16.4. The molecular formula is C25H23N3O4.